The van der Waals surface area contributed by atoms with Gasteiger partial charge < -0.3 is 15.8 Å². The number of benzene rings is 2. The lowest BCUT2D eigenvalue weighted by atomic mass is 9.80. The number of primary amides is 1. The Balaban J connectivity index is 1.52. The molecule has 3 N–H and O–H groups in total. The van der Waals surface area contributed by atoms with Gasteiger partial charge in [0.2, 0.25) is 5.91 Å². The van der Waals surface area contributed by atoms with Crippen molar-refractivity contribution < 1.29 is 36.3 Å². The normalized spacial score (nSPS) is 17.2. The molecular weight excluding hydrogens is 567 g/mol. The minimum absolute atomic E-state index is 0.0256. The Morgan fingerprint density at radius 2 is 1.88 bits per heavy atom. The number of carbonyl (C=O) groups excluding carboxylic acids is 2. The summed E-state index contributed by atoms with van der Waals surface area (Å²) >= 11 is 1.05. The number of hydrogen-bond acceptors (Lipinski definition) is 6. The van der Waals surface area contributed by atoms with Crippen molar-refractivity contribution in [1.29, 1.82) is 0 Å². The summed E-state index contributed by atoms with van der Waals surface area (Å²) < 4.78 is 76.3. The van der Waals surface area contributed by atoms with Crippen LogP contribution in [-0.2, 0) is 16.9 Å². The Hall–Kier alpha value is -4.13. The zero-order valence-electron chi connectivity index (χ0n) is 21.5. The van der Waals surface area contributed by atoms with E-state index in [9.17, 15) is 31.5 Å². The number of hydrogen-bond donors (Lipinski definition) is 2. The Morgan fingerprint density at radius 3 is 2.54 bits per heavy atom. The SMILES string of the molecule is C[C@]1(CC(N)=O)COc2c1cc([C@@H](CNC(=O)c1ccc3nc(CF)sc3c1)C(F)(F)F)nc2-c1ccc(F)cc1. The summed E-state index contributed by atoms with van der Waals surface area (Å²) in [6.07, 6.45) is -5.02. The molecule has 41 heavy (non-hydrogen) atoms. The molecule has 0 saturated carbocycles. The average Bonchev–Trinajstić information content (AvgIpc) is 3.48. The molecule has 13 heteroatoms. The van der Waals surface area contributed by atoms with E-state index in [0.717, 1.165) is 23.5 Å². The molecule has 0 bridgehead atoms. The topological polar surface area (TPSA) is 107 Å². The summed E-state index contributed by atoms with van der Waals surface area (Å²) in [6, 6.07) is 10.6. The first kappa shape index (κ1) is 28.4. The van der Waals surface area contributed by atoms with E-state index in [1.54, 1.807) is 6.92 Å². The summed E-state index contributed by atoms with van der Waals surface area (Å²) in [5, 5.41) is 2.56. The van der Waals surface area contributed by atoms with Crippen LogP contribution in [0.5, 0.6) is 5.75 Å². The summed E-state index contributed by atoms with van der Waals surface area (Å²) in [5.41, 5.74) is 5.20. The molecule has 5 rings (SSSR count). The Morgan fingerprint density at radius 1 is 1.15 bits per heavy atom. The number of amides is 2. The fraction of sp³-hybridized carbons (Fsp3) is 0.286. The smallest absolute Gasteiger partial charge is 0.398 e. The first-order chi connectivity index (χ1) is 19.4. The molecule has 3 heterocycles. The average molecular weight is 591 g/mol. The number of pyridine rings is 1. The van der Waals surface area contributed by atoms with Gasteiger partial charge in [0.15, 0.2) is 0 Å². The van der Waals surface area contributed by atoms with Gasteiger partial charge in [0.25, 0.3) is 5.91 Å². The Bertz CT molecular complexity index is 1640. The highest BCUT2D eigenvalue weighted by molar-refractivity contribution is 7.18. The second-order valence-electron chi connectivity index (χ2n) is 10.00. The third-order valence-electron chi connectivity index (χ3n) is 6.89. The van der Waals surface area contributed by atoms with Crippen LogP contribution in [0, 0.1) is 5.82 Å². The van der Waals surface area contributed by atoms with Gasteiger partial charge in [-0.15, -0.1) is 11.3 Å². The van der Waals surface area contributed by atoms with E-state index in [4.69, 9.17) is 10.5 Å². The predicted octanol–water partition coefficient (Wildman–Crippen LogP) is 5.57. The summed E-state index contributed by atoms with van der Waals surface area (Å²) in [5.74, 6) is -4.03. The molecule has 0 aliphatic carbocycles. The lowest BCUT2D eigenvalue weighted by Crippen LogP contribution is -2.36. The van der Waals surface area contributed by atoms with E-state index >= 15 is 0 Å². The number of fused-ring (bicyclic) bond motifs is 2. The second-order valence-corrected chi connectivity index (χ2v) is 11.1. The monoisotopic (exact) mass is 590 g/mol. The van der Waals surface area contributed by atoms with Crippen LogP contribution in [0.25, 0.3) is 21.5 Å². The van der Waals surface area contributed by atoms with Crippen LogP contribution in [0.1, 0.15) is 45.9 Å². The van der Waals surface area contributed by atoms with Crippen LogP contribution in [0.3, 0.4) is 0 Å². The largest absolute Gasteiger partial charge is 0.490 e. The number of carbonyl (C=O) groups is 2. The number of thiazole rings is 1. The standard InChI is InChI=1S/C28H23F5N4O3S/c1-27(10-22(34)38)13-40-25-17(27)9-20(37-24(25)14-2-5-16(30)6-3-14)18(28(31,32)33)12-35-26(39)15-4-7-19-21(8-15)41-23(11-29)36-19/h2-9,18H,10-13H2,1H3,(H2,34,38)(H,35,39)/t18-,27+/m1/s1. The quantitative estimate of drug-likeness (QED) is 0.261. The van der Waals surface area contributed by atoms with Gasteiger partial charge in [-0.1, -0.05) is 6.92 Å². The summed E-state index contributed by atoms with van der Waals surface area (Å²) in [6.45, 7) is 0.00443. The number of nitrogens with two attached hydrogens (primary N) is 1. The highest BCUT2D eigenvalue weighted by atomic mass is 32.1. The van der Waals surface area contributed by atoms with E-state index in [1.165, 1.54) is 36.4 Å². The molecule has 0 radical (unpaired) electrons. The predicted molar refractivity (Wildman–Crippen MR) is 142 cm³/mol. The molecule has 1 aliphatic heterocycles. The highest BCUT2D eigenvalue weighted by Crippen LogP contribution is 2.47. The Labute approximate surface area is 234 Å². The molecule has 2 aromatic heterocycles. The number of ether oxygens (including phenoxy) is 1. The van der Waals surface area contributed by atoms with Gasteiger partial charge in [0, 0.05) is 35.1 Å². The van der Waals surface area contributed by atoms with Crippen molar-refractivity contribution >= 4 is 33.4 Å². The van der Waals surface area contributed by atoms with Crippen molar-refractivity contribution in [3.8, 4) is 17.0 Å². The van der Waals surface area contributed by atoms with E-state index in [2.05, 4.69) is 15.3 Å². The maximum atomic E-state index is 14.5. The van der Waals surface area contributed by atoms with Crippen LogP contribution in [0.15, 0.2) is 48.5 Å². The minimum atomic E-state index is -4.83. The molecule has 4 aromatic rings. The molecule has 0 fully saturated rings. The van der Waals surface area contributed by atoms with Crippen molar-refractivity contribution in [3.63, 3.8) is 0 Å². The molecule has 1 aliphatic rings. The van der Waals surface area contributed by atoms with Gasteiger partial charge in [0.1, 0.15) is 34.9 Å². The summed E-state index contributed by atoms with van der Waals surface area (Å²) in [7, 11) is 0. The van der Waals surface area contributed by atoms with E-state index in [-0.39, 0.29) is 35.0 Å². The molecule has 7 nitrogen and oxygen atoms in total. The fourth-order valence-electron chi connectivity index (χ4n) is 4.83. The third kappa shape index (κ3) is 5.71. The fourth-order valence-corrected chi connectivity index (χ4v) is 5.68. The second kappa shape index (κ2) is 10.7. The zero-order valence-corrected chi connectivity index (χ0v) is 22.3. The van der Waals surface area contributed by atoms with Crippen LogP contribution < -0.4 is 15.8 Å². The van der Waals surface area contributed by atoms with Crippen LogP contribution in [0.2, 0.25) is 0 Å². The van der Waals surface area contributed by atoms with Gasteiger partial charge >= 0.3 is 6.18 Å². The van der Waals surface area contributed by atoms with Crippen molar-refractivity contribution in [3.05, 3.63) is 76.2 Å². The number of alkyl halides is 4. The molecular formula is C28H23F5N4O3S. The molecule has 0 spiro atoms. The third-order valence-corrected chi connectivity index (χ3v) is 7.87. The van der Waals surface area contributed by atoms with Crippen molar-refractivity contribution in [2.45, 2.75) is 37.5 Å². The van der Waals surface area contributed by atoms with Crippen molar-refractivity contribution in [2.75, 3.05) is 13.2 Å². The maximum Gasteiger partial charge on any atom is 0.398 e. The van der Waals surface area contributed by atoms with Crippen molar-refractivity contribution in [2.24, 2.45) is 5.73 Å². The van der Waals surface area contributed by atoms with E-state index in [0.29, 0.717) is 21.3 Å². The molecule has 0 saturated heterocycles. The van der Waals surface area contributed by atoms with Crippen molar-refractivity contribution in [1.82, 2.24) is 15.3 Å². The number of halogens is 5. The zero-order chi connectivity index (χ0) is 29.5. The van der Waals surface area contributed by atoms with Gasteiger partial charge in [-0.3, -0.25) is 9.59 Å². The molecule has 0 unspecified atom stereocenters. The van der Waals surface area contributed by atoms with Gasteiger partial charge in [0.05, 0.1) is 22.5 Å². The highest BCUT2D eigenvalue weighted by Gasteiger charge is 2.45. The van der Waals surface area contributed by atoms with E-state index < -0.39 is 54.1 Å². The van der Waals surface area contributed by atoms with Gasteiger partial charge in [-0.2, -0.15) is 13.2 Å². The van der Waals surface area contributed by atoms with Gasteiger partial charge in [-0.05, 0) is 48.5 Å². The minimum Gasteiger partial charge on any atom is -0.490 e. The first-order valence-corrected chi connectivity index (χ1v) is 13.2. The number of nitrogens with zero attached hydrogens (tertiary/aromatic N) is 2. The Kier molecular flexibility index (Phi) is 7.41. The number of aromatic nitrogens is 2. The molecule has 214 valence electrons. The maximum absolute atomic E-state index is 14.5. The molecule has 2 aromatic carbocycles. The van der Waals surface area contributed by atoms with Gasteiger partial charge in [-0.25, -0.2) is 18.7 Å². The molecule has 2 atom stereocenters. The van der Waals surface area contributed by atoms with E-state index in [1.807, 2.05) is 0 Å². The lowest BCUT2D eigenvalue weighted by Gasteiger charge is -2.25. The van der Waals surface area contributed by atoms with Crippen LogP contribution in [-0.4, -0.2) is 41.1 Å². The molecule has 2 amide bonds. The first-order valence-electron chi connectivity index (χ1n) is 12.4. The number of nitrogens with one attached hydrogen (secondary N) is 1. The summed E-state index contributed by atoms with van der Waals surface area (Å²) in [4.78, 5) is 33.0. The van der Waals surface area contributed by atoms with Crippen LogP contribution >= 0.6 is 11.3 Å². The van der Waals surface area contributed by atoms with Crippen LogP contribution in [0.4, 0.5) is 22.0 Å². The number of rotatable bonds is 8. The lowest BCUT2D eigenvalue weighted by molar-refractivity contribution is -0.149.